The molecule has 3 heterocycles. The zero-order valence-electron chi connectivity index (χ0n) is 16.9. The summed E-state index contributed by atoms with van der Waals surface area (Å²) in [7, 11) is 0. The van der Waals surface area contributed by atoms with Gasteiger partial charge in [-0.2, -0.15) is 13.2 Å². The Morgan fingerprint density at radius 3 is 2.53 bits per heavy atom. The van der Waals surface area contributed by atoms with Gasteiger partial charge in [-0.3, -0.25) is 9.78 Å². The molecule has 30 heavy (non-hydrogen) atoms. The fourth-order valence-electron chi connectivity index (χ4n) is 3.98. The molecule has 2 aromatic heterocycles. The molecule has 5 nitrogen and oxygen atoms in total. The number of anilines is 1. The van der Waals surface area contributed by atoms with Crippen LogP contribution < -0.4 is 10.2 Å². The van der Waals surface area contributed by atoms with Crippen LogP contribution in [0.15, 0.2) is 36.5 Å². The first-order chi connectivity index (χ1) is 14.3. The van der Waals surface area contributed by atoms with Crippen molar-refractivity contribution in [3.63, 3.8) is 0 Å². The summed E-state index contributed by atoms with van der Waals surface area (Å²) in [5.41, 5.74) is -0.194. The number of amides is 1. The van der Waals surface area contributed by atoms with Crippen LogP contribution in [0.4, 0.5) is 19.0 Å². The Morgan fingerprint density at radius 1 is 1.20 bits per heavy atom. The van der Waals surface area contributed by atoms with Gasteiger partial charge in [0.2, 0.25) is 5.91 Å². The summed E-state index contributed by atoms with van der Waals surface area (Å²) in [4.78, 5) is 23.1. The van der Waals surface area contributed by atoms with E-state index in [9.17, 15) is 18.0 Å². The molecule has 1 amide bonds. The maximum atomic E-state index is 13.2. The van der Waals surface area contributed by atoms with Crippen LogP contribution in [0.2, 0.25) is 0 Å². The standard InChI is InChI=1S/C22H25F3N4O/c1-15-7-12-29(13-8-15)19-16(5-6-18(28-19)22(23,24)25)14-27-20(30)21(9-10-21)17-4-2-3-11-26-17/h2-6,11,15H,7-10,12-14H2,1H3,(H,27,30). The van der Waals surface area contributed by atoms with E-state index < -0.39 is 17.3 Å². The quantitative estimate of drug-likeness (QED) is 0.795. The van der Waals surface area contributed by atoms with Crippen molar-refractivity contribution in [2.24, 2.45) is 5.92 Å². The van der Waals surface area contributed by atoms with Crippen LogP contribution in [0.3, 0.4) is 0 Å². The molecule has 2 aromatic rings. The molecule has 0 atom stereocenters. The largest absolute Gasteiger partial charge is 0.433 e. The second-order valence-corrected chi connectivity index (χ2v) is 8.33. The highest BCUT2D eigenvalue weighted by Crippen LogP contribution is 2.47. The van der Waals surface area contributed by atoms with Gasteiger partial charge in [-0.05, 0) is 49.8 Å². The normalized spacial score (nSPS) is 18.9. The maximum Gasteiger partial charge on any atom is 0.433 e. The molecule has 1 saturated carbocycles. The number of carbonyl (C=O) groups excluding carboxylic acids is 1. The highest BCUT2D eigenvalue weighted by molar-refractivity contribution is 5.90. The number of halogens is 3. The van der Waals surface area contributed by atoms with Crippen LogP contribution >= 0.6 is 0 Å². The summed E-state index contributed by atoms with van der Waals surface area (Å²) in [6.07, 6.45) is 0.420. The number of alkyl halides is 3. The van der Waals surface area contributed by atoms with Crippen molar-refractivity contribution in [3.8, 4) is 0 Å². The molecule has 160 valence electrons. The van der Waals surface area contributed by atoms with Crippen molar-refractivity contribution in [1.29, 1.82) is 0 Å². The molecule has 1 N–H and O–H groups in total. The lowest BCUT2D eigenvalue weighted by Gasteiger charge is -2.33. The minimum Gasteiger partial charge on any atom is -0.356 e. The summed E-state index contributed by atoms with van der Waals surface area (Å²) < 4.78 is 39.7. The van der Waals surface area contributed by atoms with Crippen LogP contribution in [0.25, 0.3) is 0 Å². The van der Waals surface area contributed by atoms with Gasteiger partial charge in [0.15, 0.2) is 0 Å². The fraction of sp³-hybridized carbons (Fsp3) is 0.500. The summed E-state index contributed by atoms with van der Waals surface area (Å²) in [5.74, 6) is 0.724. The molecule has 0 unspecified atom stereocenters. The van der Waals surface area contributed by atoms with Gasteiger partial charge in [-0.25, -0.2) is 4.98 Å². The van der Waals surface area contributed by atoms with E-state index in [4.69, 9.17) is 0 Å². The molecule has 1 aliphatic carbocycles. The van der Waals surface area contributed by atoms with Gasteiger partial charge in [0, 0.05) is 31.4 Å². The number of hydrogen-bond acceptors (Lipinski definition) is 4. The van der Waals surface area contributed by atoms with E-state index in [1.165, 1.54) is 6.07 Å². The second-order valence-electron chi connectivity index (χ2n) is 8.33. The van der Waals surface area contributed by atoms with Crippen molar-refractivity contribution in [1.82, 2.24) is 15.3 Å². The Bertz CT molecular complexity index is 904. The first kappa shape index (κ1) is 20.6. The predicted molar refractivity (Wildman–Crippen MR) is 107 cm³/mol. The summed E-state index contributed by atoms with van der Waals surface area (Å²) >= 11 is 0. The third-order valence-corrected chi connectivity index (χ3v) is 6.11. The van der Waals surface area contributed by atoms with Gasteiger partial charge in [-0.1, -0.05) is 19.1 Å². The number of hydrogen-bond donors (Lipinski definition) is 1. The average Bonchev–Trinajstić information content (AvgIpc) is 3.55. The molecule has 8 heteroatoms. The smallest absolute Gasteiger partial charge is 0.356 e. The first-order valence-electron chi connectivity index (χ1n) is 10.3. The molecule has 0 radical (unpaired) electrons. The molecule has 4 rings (SSSR count). The molecule has 1 saturated heterocycles. The summed E-state index contributed by atoms with van der Waals surface area (Å²) in [6.45, 7) is 3.60. The predicted octanol–water partition coefficient (Wildman–Crippen LogP) is 4.08. The van der Waals surface area contributed by atoms with E-state index >= 15 is 0 Å². The van der Waals surface area contributed by atoms with Gasteiger partial charge < -0.3 is 10.2 Å². The minimum absolute atomic E-state index is 0.139. The van der Waals surface area contributed by atoms with E-state index in [1.807, 2.05) is 17.0 Å². The van der Waals surface area contributed by atoms with Gasteiger partial charge >= 0.3 is 6.18 Å². The van der Waals surface area contributed by atoms with Crippen LogP contribution in [0.1, 0.15) is 49.6 Å². The number of rotatable bonds is 5. The number of carbonyl (C=O) groups is 1. The molecule has 1 aliphatic heterocycles. The lowest BCUT2D eigenvalue weighted by Crippen LogP contribution is -2.37. The maximum absolute atomic E-state index is 13.2. The summed E-state index contributed by atoms with van der Waals surface area (Å²) in [5, 5.41) is 2.92. The van der Waals surface area contributed by atoms with Crippen LogP contribution in [-0.2, 0) is 22.9 Å². The number of nitrogens with one attached hydrogen (secondary N) is 1. The minimum atomic E-state index is -4.50. The monoisotopic (exact) mass is 418 g/mol. The SMILES string of the molecule is CC1CCN(c2nc(C(F)(F)F)ccc2CNC(=O)C2(c3ccccn3)CC2)CC1. The van der Waals surface area contributed by atoms with Crippen molar-refractivity contribution in [2.75, 3.05) is 18.0 Å². The Hall–Kier alpha value is -2.64. The van der Waals surface area contributed by atoms with E-state index in [1.54, 1.807) is 12.3 Å². The third-order valence-electron chi connectivity index (χ3n) is 6.11. The second kappa shape index (κ2) is 7.89. The number of nitrogens with zero attached hydrogens (tertiary/aromatic N) is 3. The highest BCUT2D eigenvalue weighted by Gasteiger charge is 2.52. The van der Waals surface area contributed by atoms with Crippen LogP contribution in [-0.4, -0.2) is 29.0 Å². The van der Waals surface area contributed by atoms with Gasteiger partial charge in [0.25, 0.3) is 0 Å². The van der Waals surface area contributed by atoms with Gasteiger partial charge in [0.05, 0.1) is 11.1 Å². The molecular formula is C22H25F3N4O. The topological polar surface area (TPSA) is 58.1 Å². The lowest BCUT2D eigenvalue weighted by atomic mass is 9.98. The fourth-order valence-corrected chi connectivity index (χ4v) is 3.98. The molecule has 0 bridgehead atoms. The van der Waals surface area contributed by atoms with E-state index in [2.05, 4.69) is 22.2 Å². The van der Waals surface area contributed by atoms with Gasteiger partial charge in [-0.15, -0.1) is 0 Å². The van der Waals surface area contributed by atoms with Gasteiger partial charge in [0.1, 0.15) is 11.5 Å². The number of pyridine rings is 2. The number of aromatic nitrogens is 2. The van der Waals surface area contributed by atoms with Crippen molar-refractivity contribution >= 4 is 11.7 Å². The zero-order valence-corrected chi connectivity index (χ0v) is 16.9. The highest BCUT2D eigenvalue weighted by atomic mass is 19.4. The Balaban J connectivity index is 1.54. The Morgan fingerprint density at radius 2 is 1.93 bits per heavy atom. The molecular weight excluding hydrogens is 393 g/mol. The molecule has 0 aromatic carbocycles. The Labute approximate surface area is 173 Å². The van der Waals surface area contributed by atoms with Crippen molar-refractivity contribution in [2.45, 2.75) is 50.7 Å². The van der Waals surface area contributed by atoms with E-state index in [0.29, 0.717) is 30.4 Å². The van der Waals surface area contributed by atoms with Crippen LogP contribution in [0.5, 0.6) is 0 Å². The number of piperidine rings is 1. The zero-order chi connectivity index (χ0) is 21.4. The van der Waals surface area contributed by atoms with Crippen molar-refractivity contribution < 1.29 is 18.0 Å². The first-order valence-corrected chi connectivity index (χ1v) is 10.3. The van der Waals surface area contributed by atoms with Crippen molar-refractivity contribution in [3.05, 3.63) is 53.5 Å². The van der Waals surface area contributed by atoms with Crippen LogP contribution in [0, 0.1) is 5.92 Å². The summed E-state index contributed by atoms with van der Waals surface area (Å²) in [6, 6.07) is 7.92. The Kier molecular flexibility index (Phi) is 5.42. The molecule has 2 fully saturated rings. The van der Waals surface area contributed by atoms with E-state index in [0.717, 1.165) is 37.4 Å². The molecule has 2 aliphatic rings. The average molecular weight is 418 g/mol. The van der Waals surface area contributed by atoms with E-state index in [-0.39, 0.29) is 12.5 Å². The molecule has 0 spiro atoms. The third kappa shape index (κ3) is 4.13. The lowest BCUT2D eigenvalue weighted by molar-refractivity contribution is -0.141.